The molecule has 0 saturated carbocycles. The fraction of sp³-hybridized carbons (Fsp3) is 0.875. The molecule has 0 aromatic rings. The van der Waals surface area contributed by atoms with Gasteiger partial charge in [-0.2, -0.15) is 0 Å². The van der Waals surface area contributed by atoms with Crippen molar-refractivity contribution in [1.82, 2.24) is 5.32 Å². The van der Waals surface area contributed by atoms with Crippen molar-refractivity contribution in [2.45, 2.75) is 31.9 Å². The van der Waals surface area contributed by atoms with Gasteiger partial charge >= 0.3 is 0 Å². The lowest BCUT2D eigenvalue weighted by Crippen LogP contribution is -2.41. The van der Waals surface area contributed by atoms with Gasteiger partial charge in [-0.15, -0.1) is 0 Å². The van der Waals surface area contributed by atoms with Crippen molar-refractivity contribution in [2.75, 3.05) is 13.2 Å². The third-order valence-corrected chi connectivity index (χ3v) is 1.88. The summed E-state index contributed by atoms with van der Waals surface area (Å²) >= 11 is 0. The van der Waals surface area contributed by atoms with Crippen molar-refractivity contribution >= 4 is 5.91 Å². The van der Waals surface area contributed by atoms with Crippen LogP contribution in [0.4, 0.5) is 0 Å². The van der Waals surface area contributed by atoms with Crippen LogP contribution in [0.15, 0.2) is 0 Å². The highest BCUT2D eigenvalue weighted by Gasteiger charge is 2.23. The lowest BCUT2D eigenvalue weighted by Gasteiger charge is -2.14. The lowest BCUT2D eigenvalue weighted by atomic mass is 10.2. The fourth-order valence-corrected chi connectivity index (χ4v) is 1.17. The Labute approximate surface area is 71.9 Å². The maximum Gasteiger partial charge on any atom is 0.249 e. The predicted octanol–water partition coefficient (Wildman–Crippen LogP) is -0.338. The summed E-state index contributed by atoms with van der Waals surface area (Å²) in [6.07, 6.45) is 1.45. The lowest BCUT2D eigenvalue weighted by molar-refractivity contribution is -0.130. The summed E-state index contributed by atoms with van der Waals surface area (Å²) in [7, 11) is 0. The van der Waals surface area contributed by atoms with Gasteiger partial charge in [-0.05, 0) is 19.8 Å². The molecule has 0 aromatic carbocycles. The Morgan fingerprint density at radius 1 is 1.83 bits per heavy atom. The zero-order valence-electron chi connectivity index (χ0n) is 7.25. The molecular formula is C8H15NO3. The molecule has 1 aliphatic rings. The zero-order chi connectivity index (χ0) is 8.97. The highest BCUT2D eigenvalue weighted by atomic mass is 16.5. The predicted molar refractivity (Wildman–Crippen MR) is 43.7 cm³/mol. The molecule has 70 valence electrons. The first-order valence-electron chi connectivity index (χ1n) is 4.27. The Hall–Kier alpha value is -0.610. The number of carbonyl (C=O) groups is 1. The van der Waals surface area contributed by atoms with Gasteiger partial charge in [0.25, 0.3) is 0 Å². The Bertz CT molecular complexity index is 154. The third-order valence-electron chi connectivity index (χ3n) is 1.88. The molecule has 2 N–H and O–H groups in total. The first kappa shape index (κ1) is 9.48. The maximum absolute atomic E-state index is 11.3. The molecule has 4 heteroatoms. The van der Waals surface area contributed by atoms with E-state index in [0.29, 0.717) is 6.61 Å². The van der Waals surface area contributed by atoms with E-state index in [9.17, 15) is 4.79 Å². The van der Waals surface area contributed by atoms with Crippen molar-refractivity contribution in [1.29, 1.82) is 0 Å². The number of aliphatic hydroxyl groups is 1. The molecule has 4 nitrogen and oxygen atoms in total. The van der Waals surface area contributed by atoms with E-state index in [1.165, 1.54) is 0 Å². The van der Waals surface area contributed by atoms with Crippen LogP contribution in [-0.4, -0.2) is 36.4 Å². The first-order chi connectivity index (χ1) is 5.74. The van der Waals surface area contributed by atoms with Gasteiger partial charge < -0.3 is 15.2 Å². The van der Waals surface area contributed by atoms with Crippen LogP contribution in [0.5, 0.6) is 0 Å². The summed E-state index contributed by atoms with van der Waals surface area (Å²) < 4.78 is 5.17. The van der Waals surface area contributed by atoms with Crippen molar-refractivity contribution in [3.05, 3.63) is 0 Å². The molecule has 2 atom stereocenters. The number of ether oxygens (including phenoxy) is 1. The third kappa shape index (κ3) is 2.46. The number of aliphatic hydroxyl groups excluding tert-OH is 1. The Morgan fingerprint density at radius 3 is 3.08 bits per heavy atom. The molecule has 1 heterocycles. The maximum atomic E-state index is 11.3. The second-order valence-electron chi connectivity index (χ2n) is 3.09. The minimum absolute atomic E-state index is 0.0293. The molecule has 1 rings (SSSR count). The van der Waals surface area contributed by atoms with E-state index in [1.807, 2.05) is 0 Å². The molecular weight excluding hydrogens is 158 g/mol. The molecule has 0 radical (unpaired) electrons. The SMILES string of the molecule is C[C@@H](CO)NC(=O)[C@H]1CCCO1. The van der Waals surface area contributed by atoms with E-state index in [-0.39, 0.29) is 24.7 Å². The summed E-state index contributed by atoms with van der Waals surface area (Å²) in [4.78, 5) is 11.3. The minimum Gasteiger partial charge on any atom is -0.394 e. The van der Waals surface area contributed by atoms with E-state index < -0.39 is 0 Å². The van der Waals surface area contributed by atoms with Gasteiger partial charge in [0, 0.05) is 12.6 Å². The quantitative estimate of drug-likeness (QED) is 0.614. The second kappa shape index (κ2) is 4.42. The number of carbonyl (C=O) groups excluding carboxylic acids is 1. The number of rotatable bonds is 3. The van der Waals surface area contributed by atoms with Gasteiger partial charge in [-0.1, -0.05) is 0 Å². The van der Waals surface area contributed by atoms with Crippen LogP contribution in [0.3, 0.4) is 0 Å². The molecule has 1 amide bonds. The molecule has 0 aromatic heterocycles. The van der Waals surface area contributed by atoms with Crippen LogP contribution in [0.1, 0.15) is 19.8 Å². The van der Waals surface area contributed by atoms with Crippen LogP contribution >= 0.6 is 0 Å². The van der Waals surface area contributed by atoms with E-state index in [4.69, 9.17) is 9.84 Å². The summed E-state index contributed by atoms with van der Waals surface area (Å²) in [6, 6.07) is -0.179. The summed E-state index contributed by atoms with van der Waals surface area (Å²) in [5.74, 6) is -0.103. The highest BCUT2D eigenvalue weighted by Crippen LogP contribution is 2.11. The number of nitrogens with one attached hydrogen (secondary N) is 1. The van der Waals surface area contributed by atoms with Gasteiger partial charge in [-0.25, -0.2) is 0 Å². The van der Waals surface area contributed by atoms with Crippen molar-refractivity contribution in [3.63, 3.8) is 0 Å². The Morgan fingerprint density at radius 2 is 2.58 bits per heavy atom. The summed E-state index contributed by atoms with van der Waals surface area (Å²) in [5, 5.41) is 11.3. The van der Waals surface area contributed by atoms with Gasteiger partial charge in [0.05, 0.1) is 6.61 Å². The van der Waals surface area contributed by atoms with Gasteiger partial charge in [0.15, 0.2) is 0 Å². The highest BCUT2D eigenvalue weighted by molar-refractivity contribution is 5.81. The van der Waals surface area contributed by atoms with Crippen LogP contribution in [0, 0.1) is 0 Å². The topological polar surface area (TPSA) is 58.6 Å². The smallest absolute Gasteiger partial charge is 0.249 e. The molecule has 12 heavy (non-hydrogen) atoms. The second-order valence-corrected chi connectivity index (χ2v) is 3.09. The van der Waals surface area contributed by atoms with E-state index in [1.54, 1.807) is 6.92 Å². The van der Waals surface area contributed by atoms with E-state index >= 15 is 0 Å². The molecule has 1 saturated heterocycles. The Balaban J connectivity index is 2.27. The summed E-state index contributed by atoms with van der Waals surface area (Å²) in [6.45, 7) is 2.40. The van der Waals surface area contributed by atoms with Crippen molar-refractivity contribution in [2.24, 2.45) is 0 Å². The molecule has 0 spiro atoms. The van der Waals surface area contributed by atoms with Crippen LogP contribution in [0.2, 0.25) is 0 Å². The van der Waals surface area contributed by atoms with E-state index in [2.05, 4.69) is 5.32 Å². The normalized spacial score (nSPS) is 25.3. The van der Waals surface area contributed by atoms with Gasteiger partial charge in [-0.3, -0.25) is 4.79 Å². The van der Waals surface area contributed by atoms with Gasteiger partial charge in [0.1, 0.15) is 6.10 Å². The van der Waals surface area contributed by atoms with E-state index in [0.717, 1.165) is 12.8 Å². The number of hydrogen-bond donors (Lipinski definition) is 2. The van der Waals surface area contributed by atoms with Crippen LogP contribution in [0.25, 0.3) is 0 Å². The molecule has 0 aliphatic carbocycles. The average molecular weight is 173 g/mol. The van der Waals surface area contributed by atoms with Gasteiger partial charge in [0.2, 0.25) is 5.91 Å². The van der Waals surface area contributed by atoms with Crippen molar-refractivity contribution < 1.29 is 14.6 Å². The fourth-order valence-electron chi connectivity index (χ4n) is 1.17. The molecule has 0 unspecified atom stereocenters. The monoisotopic (exact) mass is 173 g/mol. The largest absolute Gasteiger partial charge is 0.394 e. The Kier molecular flexibility index (Phi) is 3.49. The van der Waals surface area contributed by atoms with Crippen LogP contribution in [-0.2, 0) is 9.53 Å². The summed E-state index contributed by atoms with van der Waals surface area (Å²) in [5.41, 5.74) is 0. The molecule has 1 fully saturated rings. The number of amides is 1. The first-order valence-corrected chi connectivity index (χ1v) is 4.27. The number of hydrogen-bond acceptors (Lipinski definition) is 3. The molecule has 0 bridgehead atoms. The average Bonchev–Trinajstić information content (AvgIpc) is 2.56. The van der Waals surface area contributed by atoms with Crippen LogP contribution < -0.4 is 5.32 Å². The zero-order valence-corrected chi connectivity index (χ0v) is 7.25. The van der Waals surface area contributed by atoms with Crippen molar-refractivity contribution in [3.8, 4) is 0 Å². The molecule has 1 aliphatic heterocycles. The standard InChI is InChI=1S/C8H15NO3/c1-6(5-10)9-8(11)7-3-2-4-12-7/h6-7,10H,2-5H2,1H3,(H,9,11)/t6-,7+/m0/s1. The minimum atomic E-state index is -0.293.